The maximum absolute atomic E-state index is 12.3. The molecule has 1 amide bonds. The number of rotatable bonds is 6. The van der Waals surface area contributed by atoms with E-state index in [1.807, 2.05) is 20.8 Å². The lowest BCUT2D eigenvalue weighted by atomic mass is 10.1. The highest BCUT2D eigenvalue weighted by Gasteiger charge is 2.17. The summed E-state index contributed by atoms with van der Waals surface area (Å²) in [5.74, 6) is -0.137. The molecule has 0 unspecified atom stereocenters. The van der Waals surface area contributed by atoms with Crippen molar-refractivity contribution in [3.63, 3.8) is 0 Å². The Kier molecular flexibility index (Phi) is 5.32. The molecule has 0 fully saturated rings. The van der Waals surface area contributed by atoms with Crippen LogP contribution in [0.15, 0.2) is 39.6 Å². The Bertz CT molecular complexity index is 1100. The Hall–Kier alpha value is -3.01. The van der Waals surface area contributed by atoms with Crippen LogP contribution in [0.25, 0.3) is 0 Å². The van der Waals surface area contributed by atoms with Gasteiger partial charge in [-0.05, 0) is 44.5 Å². The maximum atomic E-state index is 12.3. The monoisotopic (exact) mass is 403 g/mol. The number of aryl methyl sites for hydroxylation is 1. The van der Waals surface area contributed by atoms with Gasteiger partial charge in [0.15, 0.2) is 15.5 Å². The van der Waals surface area contributed by atoms with Crippen molar-refractivity contribution in [3.05, 3.63) is 53.2 Å². The minimum absolute atomic E-state index is 0.0236. The lowest BCUT2D eigenvalue weighted by molar-refractivity contribution is 0.101. The number of anilines is 1. The molecule has 2 aromatic heterocycles. The summed E-state index contributed by atoms with van der Waals surface area (Å²) < 4.78 is 30.2. The van der Waals surface area contributed by atoms with E-state index in [2.05, 4.69) is 20.6 Å². The van der Waals surface area contributed by atoms with Crippen LogP contribution in [0, 0.1) is 6.92 Å². The second-order valence-electron chi connectivity index (χ2n) is 6.76. The molecular formula is C18H21N5O4S. The topological polar surface area (TPSA) is 120 Å². The van der Waals surface area contributed by atoms with Gasteiger partial charge >= 0.3 is 6.01 Å². The average molecular weight is 403 g/mol. The summed E-state index contributed by atoms with van der Waals surface area (Å²) in [6.07, 6.45) is 1.47. The fourth-order valence-corrected chi connectivity index (χ4v) is 3.32. The van der Waals surface area contributed by atoms with Gasteiger partial charge in [-0.1, -0.05) is 17.2 Å². The van der Waals surface area contributed by atoms with Crippen molar-refractivity contribution in [1.29, 1.82) is 0 Å². The highest BCUT2D eigenvalue weighted by atomic mass is 32.2. The van der Waals surface area contributed by atoms with Gasteiger partial charge in [0.1, 0.15) is 0 Å². The minimum Gasteiger partial charge on any atom is -0.407 e. The molecule has 3 aromatic rings. The quantitative estimate of drug-likeness (QED) is 0.671. The molecule has 28 heavy (non-hydrogen) atoms. The third-order valence-corrected chi connectivity index (χ3v) is 5.17. The van der Waals surface area contributed by atoms with E-state index in [9.17, 15) is 13.2 Å². The van der Waals surface area contributed by atoms with Crippen molar-refractivity contribution in [2.45, 2.75) is 38.1 Å². The Labute approximate surface area is 162 Å². The van der Waals surface area contributed by atoms with Crippen molar-refractivity contribution in [2.24, 2.45) is 0 Å². The molecule has 0 aliphatic carbocycles. The highest BCUT2D eigenvalue weighted by Crippen LogP contribution is 2.16. The summed E-state index contributed by atoms with van der Waals surface area (Å²) in [5.41, 5.74) is 1.95. The lowest BCUT2D eigenvalue weighted by Gasteiger charge is -2.06. The average Bonchev–Trinajstić information content (AvgIpc) is 3.21. The van der Waals surface area contributed by atoms with E-state index >= 15 is 0 Å². The summed E-state index contributed by atoms with van der Waals surface area (Å²) in [5, 5.41) is 14.5. The van der Waals surface area contributed by atoms with Crippen LogP contribution >= 0.6 is 0 Å². The van der Waals surface area contributed by atoms with E-state index in [4.69, 9.17) is 4.42 Å². The number of carbonyl (C=O) groups is 1. The first-order chi connectivity index (χ1) is 13.1. The van der Waals surface area contributed by atoms with E-state index < -0.39 is 15.7 Å². The predicted octanol–water partition coefficient (Wildman–Crippen LogP) is 2.40. The van der Waals surface area contributed by atoms with Gasteiger partial charge in [0.25, 0.3) is 5.91 Å². The van der Waals surface area contributed by atoms with Crippen molar-refractivity contribution in [3.8, 4) is 0 Å². The van der Waals surface area contributed by atoms with E-state index in [0.717, 1.165) is 17.5 Å². The summed E-state index contributed by atoms with van der Waals surface area (Å²) >= 11 is 0. The van der Waals surface area contributed by atoms with Crippen LogP contribution in [0.2, 0.25) is 0 Å². The van der Waals surface area contributed by atoms with Crippen LogP contribution in [-0.2, 0) is 16.3 Å². The molecule has 9 nitrogen and oxygen atoms in total. The molecule has 0 saturated carbocycles. The summed E-state index contributed by atoms with van der Waals surface area (Å²) in [6.45, 7) is 5.84. The van der Waals surface area contributed by atoms with Gasteiger partial charge in [-0.15, -0.1) is 5.10 Å². The molecule has 148 valence electrons. The second-order valence-corrected chi connectivity index (χ2v) is 8.77. The molecule has 0 radical (unpaired) electrons. The summed E-state index contributed by atoms with van der Waals surface area (Å²) in [6, 6.07) is 8.22. The van der Waals surface area contributed by atoms with Gasteiger partial charge in [0, 0.05) is 18.0 Å². The van der Waals surface area contributed by atoms with Gasteiger partial charge in [-0.2, -0.15) is 5.10 Å². The molecule has 0 aliphatic heterocycles. The van der Waals surface area contributed by atoms with Crippen LogP contribution in [0.3, 0.4) is 0 Å². The zero-order chi connectivity index (χ0) is 20.5. The highest BCUT2D eigenvalue weighted by molar-refractivity contribution is 7.90. The predicted molar refractivity (Wildman–Crippen MR) is 102 cm³/mol. The first-order valence-electron chi connectivity index (χ1n) is 8.62. The molecule has 0 atom stereocenters. The molecule has 10 heteroatoms. The van der Waals surface area contributed by atoms with Gasteiger partial charge in [0.2, 0.25) is 5.89 Å². The van der Waals surface area contributed by atoms with Gasteiger partial charge in [-0.3, -0.25) is 14.8 Å². The second kappa shape index (κ2) is 7.55. The fourth-order valence-electron chi connectivity index (χ4n) is 2.69. The van der Waals surface area contributed by atoms with E-state index in [1.54, 1.807) is 22.9 Å². The lowest BCUT2D eigenvalue weighted by Crippen LogP contribution is -2.14. The van der Waals surface area contributed by atoms with E-state index in [1.165, 1.54) is 12.1 Å². The molecule has 0 bridgehead atoms. The molecule has 0 saturated heterocycles. The molecule has 3 rings (SSSR count). The van der Waals surface area contributed by atoms with Crippen molar-refractivity contribution in [1.82, 2.24) is 20.0 Å². The SMILES string of the molecule is Cc1cc(C(=O)Nc2nnc(Cc3ccc(S(C)(=O)=O)cc3)o2)nn1C(C)C. The zero-order valence-corrected chi connectivity index (χ0v) is 16.8. The Balaban J connectivity index is 1.67. The number of hydrogen-bond donors (Lipinski definition) is 1. The van der Waals surface area contributed by atoms with E-state index in [-0.39, 0.29) is 22.6 Å². The summed E-state index contributed by atoms with van der Waals surface area (Å²) in [7, 11) is -3.24. The molecule has 0 aliphatic rings. The number of nitrogens with one attached hydrogen (secondary N) is 1. The van der Waals surface area contributed by atoms with Gasteiger partial charge in [-0.25, -0.2) is 8.42 Å². The van der Waals surface area contributed by atoms with Crippen molar-refractivity contribution < 1.29 is 17.6 Å². The number of amides is 1. The van der Waals surface area contributed by atoms with E-state index in [0.29, 0.717) is 12.3 Å². The number of nitrogens with zero attached hydrogens (tertiary/aromatic N) is 4. The summed E-state index contributed by atoms with van der Waals surface area (Å²) in [4.78, 5) is 12.6. The first-order valence-corrected chi connectivity index (χ1v) is 10.5. The Morgan fingerprint density at radius 3 is 2.46 bits per heavy atom. The van der Waals surface area contributed by atoms with Crippen molar-refractivity contribution in [2.75, 3.05) is 11.6 Å². The molecule has 1 N–H and O–H groups in total. The van der Waals surface area contributed by atoms with Crippen LogP contribution in [0.5, 0.6) is 0 Å². The third kappa shape index (κ3) is 4.45. The molecule has 1 aromatic carbocycles. The third-order valence-electron chi connectivity index (χ3n) is 4.04. The van der Waals surface area contributed by atoms with Gasteiger partial charge < -0.3 is 4.42 Å². The number of aromatic nitrogens is 4. The molecule has 0 spiro atoms. The smallest absolute Gasteiger partial charge is 0.322 e. The van der Waals surface area contributed by atoms with Crippen LogP contribution < -0.4 is 5.32 Å². The maximum Gasteiger partial charge on any atom is 0.322 e. The standard InChI is InChI=1S/C18H21N5O4S/c1-11(2)23-12(3)9-15(22-23)17(24)19-18-21-20-16(27-18)10-13-5-7-14(8-6-13)28(4,25)26/h5-9,11H,10H2,1-4H3,(H,19,21,24). The van der Waals surface area contributed by atoms with Crippen LogP contribution in [0.1, 0.15) is 47.5 Å². The number of hydrogen-bond acceptors (Lipinski definition) is 7. The Morgan fingerprint density at radius 2 is 1.89 bits per heavy atom. The number of carbonyl (C=O) groups excluding carboxylic acids is 1. The first kappa shape index (κ1) is 19.7. The normalized spacial score (nSPS) is 11.8. The largest absolute Gasteiger partial charge is 0.407 e. The Morgan fingerprint density at radius 1 is 1.21 bits per heavy atom. The fraction of sp³-hybridized carbons (Fsp3) is 0.333. The van der Waals surface area contributed by atoms with Crippen molar-refractivity contribution >= 4 is 21.8 Å². The van der Waals surface area contributed by atoms with Crippen LogP contribution in [-0.4, -0.2) is 40.6 Å². The minimum atomic E-state index is -3.24. The van der Waals surface area contributed by atoms with Gasteiger partial charge in [0.05, 0.1) is 11.3 Å². The van der Waals surface area contributed by atoms with Crippen LogP contribution in [0.4, 0.5) is 6.01 Å². The number of benzene rings is 1. The molecule has 2 heterocycles. The number of sulfone groups is 1. The molecular weight excluding hydrogens is 382 g/mol. The zero-order valence-electron chi connectivity index (χ0n) is 16.0.